The Labute approximate surface area is 201 Å². The fourth-order valence-corrected chi connectivity index (χ4v) is 4.70. The first-order chi connectivity index (χ1) is 15.5. The van der Waals surface area contributed by atoms with Crippen molar-refractivity contribution in [3.8, 4) is 5.75 Å². The number of nitrogens with one attached hydrogen (secondary N) is 2. The number of aromatic nitrogens is 3. The fraction of sp³-hybridized carbons (Fsp3) is 0.455. The van der Waals surface area contributed by atoms with Crippen LogP contribution in [0, 0.1) is 0 Å². The van der Waals surface area contributed by atoms with Crippen LogP contribution in [0.25, 0.3) is 10.9 Å². The Hall–Kier alpha value is -2.56. The molecule has 1 aromatic carbocycles. The van der Waals surface area contributed by atoms with Gasteiger partial charge in [0, 0.05) is 49.0 Å². The summed E-state index contributed by atoms with van der Waals surface area (Å²) < 4.78 is 31.8. The van der Waals surface area contributed by atoms with Crippen molar-refractivity contribution in [1.82, 2.24) is 19.9 Å². The zero-order valence-electron chi connectivity index (χ0n) is 19.0. The zero-order valence-corrected chi connectivity index (χ0v) is 20.6. The summed E-state index contributed by atoms with van der Waals surface area (Å²) in [5, 5.41) is 1.07. The number of aromatic amines is 1. The number of hydrogen-bond donors (Lipinski definition) is 2. The number of ether oxygens (including phenoxy) is 1. The summed E-state index contributed by atoms with van der Waals surface area (Å²) in [4.78, 5) is 16.4. The van der Waals surface area contributed by atoms with Gasteiger partial charge in [0.2, 0.25) is 10.0 Å². The molecule has 2 aromatic heterocycles. The zero-order chi connectivity index (χ0) is 22.6. The van der Waals surface area contributed by atoms with Crippen LogP contribution in [0.4, 0.5) is 11.5 Å². The second-order valence-corrected chi connectivity index (χ2v) is 9.94. The lowest BCUT2D eigenvalue weighted by Crippen LogP contribution is -2.47. The molecule has 0 bridgehead atoms. The quantitative estimate of drug-likeness (QED) is 0.471. The Morgan fingerprint density at radius 1 is 1.21 bits per heavy atom. The van der Waals surface area contributed by atoms with Gasteiger partial charge in [0.25, 0.3) is 0 Å². The van der Waals surface area contributed by atoms with E-state index < -0.39 is 10.0 Å². The van der Waals surface area contributed by atoms with Crippen molar-refractivity contribution in [3.05, 3.63) is 42.5 Å². The molecule has 0 radical (unpaired) electrons. The summed E-state index contributed by atoms with van der Waals surface area (Å²) in [6.45, 7) is 6.41. The molecule has 9 nitrogen and oxygen atoms in total. The van der Waals surface area contributed by atoms with Gasteiger partial charge in [-0.3, -0.25) is 9.62 Å². The van der Waals surface area contributed by atoms with Crippen molar-refractivity contribution in [3.63, 3.8) is 0 Å². The molecule has 11 heteroatoms. The van der Waals surface area contributed by atoms with Crippen molar-refractivity contribution >= 4 is 44.8 Å². The number of sulfonamides is 1. The van der Waals surface area contributed by atoms with Crippen LogP contribution in [0.5, 0.6) is 5.75 Å². The first-order valence-electron chi connectivity index (χ1n) is 10.9. The molecule has 180 valence electrons. The van der Waals surface area contributed by atoms with E-state index in [0.29, 0.717) is 11.4 Å². The topological polar surface area (TPSA) is 103 Å². The average Bonchev–Trinajstić information content (AvgIpc) is 3.21. The molecular formula is C22H31ClN6O3S. The van der Waals surface area contributed by atoms with Crippen molar-refractivity contribution in [2.24, 2.45) is 0 Å². The molecule has 0 atom stereocenters. The number of anilines is 2. The van der Waals surface area contributed by atoms with E-state index in [1.807, 2.05) is 18.3 Å². The molecule has 2 N–H and O–H groups in total. The third kappa shape index (κ3) is 6.07. The Bertz CT molecular complexity index is 1160. The van der Waals surface area contributed by atoms with E-state index in [2.05, 4.69) is 29.5 Å². The van der Waals surface area contributed by atoms with Crippen LogP contribution in [0.15, 0.2) is 36.9 Å². The molecule has 1 saturated heterocycles. The second-order valence-electron chi connectivity index (χ2n) is 7.93. The Morgan fingerprint density at radius 2 is 2.00 bits per heavy atom. The minimum Gasteiger partial charge on any atom is -0.491 e. The van der Waals surface area contributed by atoms with Gasteiger partial charge in [0.15, 0.2) is 11.6 Å². The summed E-state index contributed by atoms with van der Waals surface area (Å²) in [7, 11) is -1.64. The first kappa shape index (κ1) is 25.1. The number of benzene rings is 1. The third-order valence-corrected chi connectivity index (χ3v) is 7.20. The van der Waals surface area contributed by atoms with Gasteiger partial charge in [-0.1, -0.05) is 0 Å². The van der Waals surface area contributed by atoms with Gasteiger partial charge < -0.3 is 14.6 Å². The number of piperazine rings is 1. The molecule has 0 amide bonds. The standard InChI is InChI=1S/C22H30N6O3S.ClH/c1-3-32(29,30)26-18-6-7-20-19(13-18)17(14-24-20)5-4-8-27-9-11-28(12-10-27)22-21(31-2)15-23-16-25-22;/h6-7,13-16,24,26H,3-5,8-12H2,1-2H3;1H. The van der Waals surface area contributed by atoms with Crippen LogP contribution >= 0.6 is 12.4 Å². The number of nitrogens with zero attached hydrogens (tertiary/aromatic N) is 4. The largest absolute Gasteiger partial charge is 0.491 e. The summed E-state index contributed by atoms with van der Waals surface area (Å²) in [5.74, 6) is 1.62. The molecule has 0 aliphatic carbocycles. The Balaban J connectivity index is 0.00000306. The number of rotatable bonds is 9. The number of halogens is 1. The molecule has 1 aliphatic heterocycles. The number of methoxy groups -OCH3 is 1. The van der Waals surface area contributed by atoms with E-state index >= 15 is 0 Å². The number of H-pyrrole nitrogens is 1. The molecule has 3 aromatic rings. The van der Waals surface area contributed by atoms with E-state index in [4.69, 9.17) is 4.74 Å². The minimum atomic E-state index is -3.28. The van der Waals surface area contributed by atoms with E-state index in [1.165, 1.54) is 5.56 Å². The van der Waals surface area contributed by atoms with Gasteiger partial charge in [-0.05, 0) is 50.1 Å². The van der Waals surface area contributed by atoms with Gasteiger partial charge in [-0.15, -0.1) is 12.4 Å². The van der Waals surface area contributed by atoms with Gasteiger partial charge in [0.1, 0.15) is 6.33 Å². The number of aryl methyl sites for hydroxylation is 1. The predicted octanol–water partition coefficient (Wildman–Crippen LogP) is 2.90. The normalized spacial score (nSPS) is 14.8. The fourth-order valence-electron chi connectivity index (χ4n) is 4.07. The highest BCUT2D eigenvalue weighted by Gasteiger charge is 2.20. The van der Waals surface area contributed by atoms with Gasteiger partial charge in [0.05, 0.1) is 19.1 Å². The van der Waals surface area contributed by atoms with Gasteiger partial charge in [-0.2, -0.15) is 0 Å². The van der Waals surface area contributed by atoms with Crippen molar-refractivity contribution in [2.75, 3.05) is 55.2 Å². The monoisotopic (exact) mass is 494 g/mol. The van der Waals surface area contributed by atoms with Gasteiger partial charge in [-0.25, -0.2) is 18.4 Å². The highest BCUT2D eigenvalue weighted by Crippen LogP contribution is 2.26. The van der Waals surface area contributed by atoms with Crippen LogP contribution in [0.2, 0.25) is 0 Å². The van der Waals surface area contributed by atoms with Crippen molar-refractivity contribution in [2.45, 2.75) is 19.8 Å². The van der Waals surface area contributed by atoms with Crippen LogP contribution < -0.4 is 14.4 Å². The molecule has 3 heterocycles. The summed E-state index contributed by atoms with van der Waals surface area (Å²) in [5.41, 5.74) is 2.84. The van der Waals surface area contributed by atoms with E-state index in [9.17, 15) is 8.42 Å². The Kier molecular flexibility index (Phi) is 8.39. The molecule has 4 rings (SSSR count). The van der Waals surface area contributed by atoms with E-state index in [0.717, 1.165) is 62.3 Å². The lowest BCUT2D eigenvalue weighted by atomic mass is 10.1. The minimum absolute atomic E-state index is 0. The maximum Gasteiger partial charge on any atom is 0.232 e. The molecule has 0 spiro atoms. The van der Waals surface area contributed by atoms with Crippen molar-refractivity contribution in [1.29, 1.82) is 0 Å². The number of hydrogen-bond acceptors (Lipinski definition) is 7. The average molecular weight is 495 g/mol. The molecule has 1 aliphatic rings. The van der Waals surface area contributed by atoms with Crippen LogP contribution in [0.1, 0.15) is 18.9 Å². The lowest BCUT2D eigenvalue weighted by molar-refractivity contribution is 0.253. The lowest BCUT2D eigenvalue weighted by Gasteiger charge is -2.35. The molecular weight excluding hydrogens is 464 g/mol. The van der Waals surface area contributed by atoms with Gasteiger partial charge >= 0.3 is 0 Å². The molecule has 1 fully saturated rings. The summed E-state index contributed by atoms with van der Waals surface area (Å²) >= 11 is 0. The third-order valence-electron chi connectivity index (χ3n) is 5.89. The smallest absolute Gasteiger partial charge is 0.232 e. The van der Waals surface area contributed by atoms with Crippen LogP contribution in [-0.4, -0.2) is 73.9 Å². The van der Waals surface area contributed by atoms with E-state index in [1.54, 1.807) is 32.6 Å². The summed E-state index contributed by atoms with van der Waals surface area (Å²) in [6, 6.07) is 5.64. The molecule has 0 saturated carbocycles. The van der Waals surface area contributed by atoms with Crippen LogP contribution in [0.3, 0.4) is 0 Å². The Morgan fingerprint density at radius 3 is 2.73 bits per heavy atom. The summed E-state index contributed by atoms with van der Waals surface area (Å²) in [6.07, 6.45) is 7.26. The second kappa shape index (κ2) is 11.0. The molecule has 33 heavy (non-hydrogen) atoms. The maximum atomic E-state index is 11.9. The van der Waals surface area contributed by atoms with E-state index in [-0.39, 0.29) is 18.2 Å². The van der Waals surface area contributed by atoms with Crippen LogP contribution in [-0.2, 0) is 16.4 Å². The SMILES string of the molecule is CCS(=O)(=O)Nc1ccc2[nH]cc(CCCN3CCN(c4ncncc4OC)CC3)c2c1.Cl. The number of fused-ring (bicyclic) bond motifs is 1. The van der Waals surface area contributed by atoms with Crippen molar-refractivity contribution < 1.29 is 13.2 Å². The highest BCUT2D eigenvalue weighted by atomic mass is 35.5. The molecule has 0 unspecified atom stereocenters. The highest BCUT2D eigenvalue weighted by molar-refractivity contribution is 7.92. The maximum absolute atomic E-state index is 11.9. The first-order valence-corrected chi connectivity index (χ1v) is 12.6. The predicted molar refractivity (Wildman–Crippen MR) is 134 cm³/mol.